The van der Waals surface area contributed by atoms with E-state index >= 15 is 0 Å². The first-order chi connectivity index (χ1) is 20.9. The number of rotatable bonds is 4. The van der Waals surface area contributed by atoms with Gasteiger partial charge in [-0.25, -0.2) is 9.59 Å². The molecule has 5 aliphatic rings. The van der Waals surface area contributed by atoms with Crippen molar-refractivity contribution in [3.8, 4) is 0 Å². The predicted molar refractivity (Wildman–Crippen MR) is 156 cm³/mol. The van der Waals surface area contributed by atoms with Crippen LogP contribution in [-0.4, -0.2) is 97.3 Å². The van der Waals surface area contributed by atoms with Crippen molar-refractivity contribution in [1.82, 2.24) is 0 Å². The van der Waals surface area contributed by atoms with Crippen LogP contribution in [0.25, 0.3) is 0 Å². The molecule has 2 aliphatic carbocycles. The number of carbonyl (C=O) groups is 3. The van der Waals surface area contributed by atoms with Gasteiger partial charge in [-0.3, -0.25) is 4.79 Å². The molecule has 3 aliphatic heterocycles. The fourth-order valence-electron chi connectivity index (χ4n) is 7.89. The molecule has 0 aromatic rings. The summed E-state index contributed by atoms with van der Waals surface area (Å²) in [5.41, 5.74) is -1.37. The van der Waals surface area contributed by atoms with Crippen molar-refractivity contribution >= 4 is 17.9 Å². The quantitative estimate of drug-likeness (QED) is 0.207. The lowest BCUT2D eigenvalue weighted by molar-refractivity contribution is -0.238. The summed E-state index contributed by atoms with van der Waals surface area (Å²) >= 11 is 0. The largest absolute Gasteiger partial charge is 0.469 e. The van der Waals surface area contributed by atoms with Gasteiger partial charge in [0.1, 0.15) is 24.4 Å². The van der Waals surface area contributed by atoms with E-state index in [1.54, 1.807) is 32.1 Å². The molecule has 11 heteroatoms. The van der Waals surface area contributed by atoms with Gasteiger partial charge in [0.2, 0.25) is 0 Å². The van der Waals surface area contributed by atoms with Crippen molar-refractivity contribution in [2.24, 2.45) is 22.7 Å². The van der Waals surface area contributed by atoms with Crippen LogP contribution in [-0.2, 0) is 42.8 Å². The highest BCUT2D eigenvalue weighted by Gasteiger charge is 2.83. The summed E-state index contributed by atoms with van der Waals surface area (Å²) in [6.07, 6.45) is 5.92. The second-order valence-corrected chi connectivity index (χ2v) is 13.3. The van der Waals surface area contributed by atoms with Gasteiger partial charge in [0.25, 0.3) is 0 Å². The number of carbonyl (C=O) groups excluding carboxylic acids is 3. The molecule has 1 saturated carbocycles. The first-order valence-electron chi connectivity index (χ1n) is 15.6. The SMILES string of the molecule is COC(=O)CC[C@H]1C[C@@]23COC(=O)[C@@H](O)[C@H](C)CCOC([C@H](C)O)/C=C/C=C\C(=O)O[C@@H]4C[C@@H](O[C@@H]2C=C1C)[C@@]1(CO1)[C@]43C. The van der Waals surface area contributed by atoms with Gasteiger partial charge >= 0.3 is 17.9 Å². The van der Waals surface area contributed by atoms with Crippen LogP contribution in [0, 0.1) is 22.7 Å². The third-order valence-corrected chi connectivity index (χ3v) is 10.9. The molecule has 2 bridgehead atoms. The Kier molecular flexibility index (Phi) is 9.45. The molecule has 0 amide bonds. The normalized spacial score (nSPS) is 44.6. The molecule has 0 aromatic carbocycles. The Morgan fingerprint density at radius 3 is 2.64 bits per heavy atom. The van der Waals surface area contributed by atoms with Crippen LogP contribution >= 0.6 is 0 Å². The summed E-state index contributed by atoms with van der Waals surface area (Å²) < 4.78 is 35.7. The van der Waals surface area contributed by atoms with E-state index in [4.69, 9.17) is 28.4 Å². The molecule has 11 nitrogen and oxygen atoms in total. The van der Waals surface area contributed by atoms with Crippen LogP contribution < -0.4 is 0 Å². The van der Waals surface area contributed by atoms with Crippen LogP contribution in [0.15, 0.2) is 36.0 Å². The topological polar surface area (TPSA) is 150 Å². The Morgan fingerprint density at radius 2 is 1.95 bits per heavy atom. The average Bonchev–Trinajstić information content (AvgIpc) is 3.77. The predicted octanol–water partition coefficient (Wildman–Crippen LogP) is 2.57. The molecular weight excluding hydrogens is 572 g/mol. The molecule has 5 rings (SSSR count). The minimum Gasteiger partial charge on any atom is -0.469 e. The summed E-state index contributed by atoms with van der Waals surface area (Å²) in [5.74, 6) is -2.15. The Morgan fingerprint density at radius 1 is 1.20 bits per heavy atom. The van der Waals surface area contributed by atoms with Crippen molar-refractivity contribution in [2.45, 2.75) is 102 Å². The van der Waals surface area contributed by atoms with Gasteiger partial charge in [-0.2, -0.15) is 0 Å². The van der Waals surface area contributed by atoms with Crippen LogP contribution in [0.2, 0.25) is 0 Å². The number of aliphatic hydroxyl groups excluding tert-OH is 2. The minimum atomic E-state index is -1.40. The highest BCUT2D eigenvalue weighted by molar-refractivity contribution is 5.82. The molecular formula is C33H46O11. The van der Waals surface area contributed by atoms with E-state index in [0.717, 1.165) is 5.57 Å². The van der Waals surface area contributed by atoms with E-state index in [2.05, 4.69) is 6.08 Å². The Labute approximate surface area is 258 Å². The summed E-state index contributed by atoms with van der Waals surface area (Å²) in [6.45, 7) is 7.90. The zero-order chi connectivity index (χ0) is 31.9. The molecule has 2 N–H and O–H groups in total. The second kappa shape index (κ2) is 12.7. The maximum Gasteiger partial charge on any atom is 0.335 e. The fraction of sp³-hybridized carbons (Fsp3) is 0.727. The number of hydrogen-bond acceptors (Lipinski definition) is 11. The maximum atomic E-state index is 13.4. The Balaban J connectivity index is 1.53. The van der Waals surface area contributed by atoms with Gasteiger partial charge in [-0.15, -0.1) is 0 Å². The summed E-state index contributed by atoms with van der Waals surface area (Å²) in [5, 5.41) is 21.1. The van der Waals surface area contributed by atoms with E-state index < -0.39 is 64.8 Å². The number of methoxy groups -OCH3 is 1. The van der Waals surface area contributed by atoms with Crippen molar-refractivity contribution in [3.63, 3.8) is 0 Å². The molecule has 44 heavy (non-hydrogen) atoms. The number of allylic oxidation sites excluding steroid dienone is 3. The number of aliphatic hydroxyl groups is 2. The van der Waals surface area contributed by atoms with Crippen LogP contribution in [0.3, 0.4) is 0 Å². The second-order valence-electron chi connectivity index (χ2n) is 13.3. The minimum absolute atomic E-state index is 0.0560. The van der Waals surface area contributed by atoms with Gasteiger partial charge in [-0.05, 0) is 44.9 Å². The van der Waals surface area contributed by atoms with Crippen LogP contribution in [0.5, 0.6) is 0 Å². The van der Waals surface area contributed by atoms with Gasteiger partial charge in [0, 0.05) is 30.9 Å². The third-order valence-electron chi connectivity index (χ3n) is 10.9. The van der Waals surface area contributed by atoms with Crippen molar-refractivity contribution < 1.29 is 53.0 Å². The lowest BCUT2D eigenvalue weighted by atomic mass is 9.49. The molecule has 3 heterocycles. The number of esters is 3. The highest BCUT2D eigenvalue weighted by Crippen LogP contribution is 2.72. The Bertz CT molecular complexity index is 1200. The molecule has 3 fully saturated rings. The summed E-state index contributed by atoms with van der Waals surface area (Å²) in [6, 6.07) is 0. The van der Waals surface area contributed by atoms with E-state index in [0.29, 0.717) is 32.3 Å². The fourth-order valence-corrected chi connectivity index (χ4v) is 7.89. The molecule has 11 atom stereocenters. The molecule has 244 valence electrons. The van der Waals surface area contributed by atoms with Crippen molar-refractivity contribution in [3.05, 3.63) is 36.0 Å². The maximum absolute atomic E-state index is 13.4. The first kappa shape index (κ1) is 32.8. The highest BCUT2D eigenvalue weighted by atomic mass is 16.6. The smallest absolute Gasteiger partial charge is 0.335 e. The van der Waals surface area contributed by atoms with Gasteiger partial charge in [-0.1, -0.05) is 43.7 Å². The summed E-state index contributed by atoms with van der Waals surface area (Å²) in [7, 11) is 1.36. The van der Waals surface area contributed by atoms with Crippen molar-refractivity contribution in [1.29, 1.82) is 0 Å². The average molecular weight is 619 g/mol. The lowest BCUT2D eigenvalue weighted by Gasteiger charge is -2.59. The third kappa shape index (κ3) is 5.66. The molecule has 1 unspecified atom stereocenters. The lowest BCUT2D eigenvalue weighted by Crippen LogP contribution is -2.67. The Hall–Kier alpha value is -2.57. The van der Waals surface area contributed by atoms with Gasteiger partial charge < -0.3 is 38.6 Å². The van der Waals surface area contributed by atoms with E-state index in [-0.39, 0.29) is 37.6 Å². The standard InChI is InChI=1S/C33H46O11/c1-19-12-13-40-23(21(3)34)8-6-7-9-28(36)44-24-15-26-33(18-42-33)31(24,4)32(17-41-30(38)29(19)37)16-22(10-11-27(35)39-5)20(2)14-25(32)43-26/h6-9,14,19,21-26,29,34,37H,10-13,15-18H2,1-5H3/b8-6+,9-7-/t19-,21+,22+,23?,24-,25-,26-,29+,31-,32-,33+/m1/s1. The van der Waals surface area contributed by atoms with Crippen LogP contribution in [0.1, 0.15) is 59.8 Å². The van der Waals surface area contributed by atoms with E-state index in [9.17, 15) is 24.6 Å². The first-order valence-corrected chi connectivity index (χ1v) is 15.6. The molecule has 2 spiro atoms. The van der Waals surface area contributed by atoms with Gasteiger partial charge in [0.05, 0.1) is 37.4 Å². The number of ether oxygens (including phenoxy) is 6. The molecule has 0 radical (unpaired) electrons. The van der Waals surface area contributed by atoms with E-state index in [1.807, 2.05) is 13.8 Å². The van der Waals surface area contributed by atoms with E-state index in [1.165, 1.54) is 13.2 Å². The number of hydrogen-bond donors (Lipinski definition) is 2. The zero-order valence-corrected chi connectivity index (χ0v) is 26.2. The van der Waals surface area contributed by atoms with Crippen LogP contribution in [0.4, 0.5) is 0 Å². The zero-order valence-electron chi connectivity index (χ0n) is 26.2. The molecule has 0 aromatic heterocycles. The summed E-state index contributed by atoms with van der Waals surface area (Å²) in [4.78, 5) is 38.6. The van der Waals surface area contributed by atoms with Gasteiger partial charge in [0.15, 0.2) is 6.10 Å². The molecule has 2 saturated heterocycles. The van der Waals surface area contributed by atoms with Crippen molar-refractivity contribution in [2.75, 3.05) is 26.9 Å². The monoisotopic (exact) mass is 618 g/mol. The number of epoxide rings is 1. The number of cyclic esters (lactones) is 1.